The van der Waals surface area contributed by atoms with Crippen LogP contribution in [0, 0.1) is 10.1 Å². The van der Waals surface area contributed by atoms with E-state index in [0.29, 0.717) is 48.5 Å². The van der Waals surface area contributed by atoms with Crippen LogP contribution >= 0.6 is 0 Å². The number of nitro benzene ring substituents is 1. The minimum absolute atomic E-state index is 0.0608. The molecule has 0 saturated carbocycles. The quantitative estimate of drug-likeness (QED) is 0.387. The minimum atomic E-state index is -0.517. The monoisotopic (exact) mass is 453 g/mol. The molecule has 3 aromatic rings. The number of ether oxygens (including phenoxy) is 1. The molecule has 0 saturated heterocycles. The van der Waals surface area contributed by atoms with Crippen molar-refractivity contribution in [3.8, 4) is 0 Å². The lowest BCUT2D eigenvalue weighted by Crippen LogP contribution is -2.40. The van der Waals surface area contributed by atoms with Crippen molar-refractivity contribution in [2.45, 2.75) is 32.9 Å². The lowest BCUT2D eigenvalue weighted by molar-refractivity contribution is -0.384. The summed E-state index contributed by atoms with van der Waals surface area (Å²) >= 11 is 0. The maximum Gasteiger partial charge on any atom is 0.322 e. The molecule has 0 radical (unpaired) electrons. The molecule has 2 aromatic carbocycles. The van der Waals surface area contributed by atoms with Gasteiger partial charge in [-0.15, -0.1) is 0 Å². The van der Waals surface area contributed by atoms with E-state index in [1.165, 1.54) is 24.3 Å². The number of non-ortho nitro benzene ring substituents is 1. The fourth-order valence-corrected chi connectivity index (χ4v) is 3.62. The molecule has 1 aromatic heterocycles. The third-order valence-corrected chi connectivity index (χ3v) is 5.31. The van der Waals surface area contributed by atoms with Gasteiger partial charge in [0.2, 0.25) is 0 Å². The van der Waals surface area contributed by atoms with Crippen molar-refractivity contribution >= 4 is 28.3 Å². The first-order chi connectivity index (χ1) is 15.9. The summed E-state index contributed by atoms with van der Waals surface area (Å²) in [6.45, 7) is 4.82. The number of fused-ring (bicyclic) bond motifs is 1. The summed E-state index contributed by atoms with van der Waals surface area (Å²) in [6.07, 6.45) is 0.688. The van der Waals surface area contributed by atoms with Gasteiger partial charge in [-0.3, -0.25) is 19.5 Å². The van der Waals surface area contributed by atoms with Crippen molar-refractivity contribution in [2.24, 2.45) is 0 Å². The number of methoxy groups -OCH3 is 1. The molecule has 1 heterocycles. The molecule has 0 aliphatic heterocycles. The van der Waals surface area contributed by atoms with Crippen molar-refractivity contribution in [3.63, 3.8) is 0 Å². The minimum Gasteiger partial charge on any atom is -0.383 e. The first-order valence-electron chi connectivity index (χ1n) is 10.7. The zero-order chi connectivity index (χ0) is 24.0. The average Bonchev–Trinajstić information content (AvgIpc) is 2.81. The smallest absolute Gasteiger partial charge is 0.322 e. The molecule has 1 atom stereocenters. The Morgan fingerprint density at radius 3 is 2.58 bits per heavy atom. The van der Waals surface area contributed by atoms with E-state index < -0.39 is 11.0 Å². The molecule has 1 N–H and O–H groups in total. The highest BCUT2D eigenvalue weighted by atomic mass is 16.6. The summed E-state index contributed by atoms with van der Waals surface area (Å²) in [5.74, 6) is 0.461. The third-order valence-electron chi connectivity index (χ3n) is 5.31. The summed E-state index contributed by atoms with van der Waals surface area (Å²) in [7, 11) is 1.56. The molecule has 0 fully saturated rings. The Bertz CT molecular complexity index is 1190. The number of urea groups is 1. The van der Waals surface area contributed by atoms with E-state index in [0.717, 1.165) is 0 Å². The molecule has 33 heavy (non-hydrogen) atoms. The van der Waals surface area contributed by atoms with E-state index in [4.69, 9.17) is 9.72 Å². The molecule has 174 valence electrons. The number of hydrogen-bond acceptors (Lipinski definition) is 6. The maximum atomic E-state index is 13.2. The highest BCUT2D eigenvalue weighted by Crippen LogP contribution is 2.22. The Morgan fingerprint density at radius 2 is 1.94 bits per heavy atom. The van der Waals surface area contributed by atoms with E-state index in [9.17, 15) is 19.7 Å². The van der Waals surface area contributed by atoms with Crippen molar-refractivity contribution < 1.29 is 14.5 Å². The fourth-order valence-electron chi connectivity index (χ4n) is 3.62. The average molecular weight is 453 g/mol. The largest absolute Gasteiger partial charge is 0.383 e. The normalized spacial score (nSPS) is 11.8. The molecular formula is C23H27N5O5. The van der Waals surface area contributed by atoms with Gasteiger partial charge in [-0.05, 0) is 37.6 Å². The number of hydrogen-bond donors (Lipinski definition) is 1. The van der Waals surface area contributed by atoms with Crippen LogP contribution in [0.15, 0.2) is 53.3 Å². The van der Waals surface area contributed by atoms with E-state index in [1.807, 2.05) is 19.9 Å². The first-order valence-corrected chi connectivity index (χ1v) is 10.7. The van der Waals surface area contributed by atoms with Crippen LogP contribution in [-0.4, -0.2) is 45.7 Å². The second-order valence-electron chi connectivity index (χ2n) is 7.54. The zero-order valence-corrected chi connectivity index (χ0v) is 18.9. The number of para-hydroxylation sites is 1. The molecule has 0 aliphatic rings. The number of carbonyl (C=O) groups excluding carboxylic acids is 1. The second-order valence-corrected chi connectivity index (χ2v) is 7.54. The van der Waals surface area contributed by atoms with Gasteiger partial charge in [-0.25, -0.2) is 9.78 Å². The van der Waals surface area contributed by atoms with Crippen LogP contribution < -0.4 is 10.9 Å². The van der Waals surface area contributed by atoms with E-state index in [1.54, 1.807) is 34.8 Å². The number of aromatic nitrogens is 2. The van der Waals surface area contributed by atoms with Crippen LogP contribution in [0.25, 0.3) is 10.9 Å². The Hall–Kier alpha value is -3.79. The van der Waals surface area contributed by atoms with Crippen molar-refractivity contribution in [2.75, 3.05) is 25.6 Å². The van der Waals surface area contributed by atoms with Gasteiger partial charge in [0.1, 0.15) is 5.82 Å². The standard InChI is InChI=1S/C23H27N5O5/c1-4-13-26(23(30)24-17-9-11-18(12-10-17)28(31)32)16(2)21-25-20-8-6-5-7-19(20)22(29)27(21)14-15-33-3/h5-12,16H,4,13-15H2,1-3H3,(H,24,30). The first kappa shape index (κ1) is 23.9. The lowest BCUT2D eigenvalue weighted by Gasteiger charge is -2.30. The van der Waals surface area contributed by atoms with E-state index in [2.05, 4.69) is 5.32 Å². The highest BCUT2D eigenvalue weighted by molar-refractivity contribution is 5.89. The Morgan fingerprint density at radius 1 is 1.24 bits per heavy atom. The van der Waals surface area contributed by atoms with Gasteiger partial charge in [0.25, 0.3) is 11.2 Å². The maximum absolute atomic E-state index is 13.2. The lowest BCUT2D eigenvalue weighted by atomic mass is 10.2. The number of nitrogens with one attached hydrogen (secondary N) is 1. The van der Waals surface area contributed by atoms with Crippen LogP contribution in [0.5, 0.6) is 0 Å². The van der Waals surface area contributed by atoms with Gasteiger partial charge < -0.3 is 15.0 Å². The molecule has 2 amide bonds. The van der Waals surface area contributed by atoms with Crippen molar-refractivity contribution in [3.05, 3.63) is 74.8 Å². The predicted molar refractivity (Wildman–Crippen MR) is 125 cm³/mol. The van der Waals surface area contributed by atoms with Crippen LogP contribution in [0.4, 0.5) is 16.2 Å². The SMILES string of the molecule is CCCN(C(=O)Nc1ccc([N+](=O)[O-])cc1)C(C)c1nc2ccccc2c(=O)n1CCOC. The molecule has 1 unspecified atom stereocenters. The van der Waals surface area contributed by atoms with Gasteiger partial charge in [-0.2, -0.15) is 0 Å². The van der Waals surface area contributed by atoms with Gasteiger partial charge >= 0.3 is 6.03 Å². The van der Waals surface area contributed by atoms with Crippen molar-refractivity contribution in [1.29, 1.82) is 0 Å². The number of benzene rings is 2. The molecule has 10 heteroatoms. The van der Waals surface area contributed by atoms with Gasteiger partial charge in [0, 0.05) is 31.5 Å². The summed E-state index contributed by atoms with van der Waals surface area (Å²) < 4.78 is 6.73. The number of rotatable bonds is 9. The molecule has 0 spiro atoms. The number of anilines is 1. The third kappa shape index (κ3) is 5.35. The topological polar surface area (TPSA) is 120 Å². The molecule has 10 nitrogen and oxygen atoms in total. The van der Waals surface area contributed by atoms with Gasteiger partial charge in [0.15, 0.2) is 0 Å². The van der Waals surface area contributed by atoms with E-state index >= 15 is 0 Å². The van der Waals surface area contributed by atoms with Gasteiger partial charge in [-0.1, -0.05) is 19.1 Å². The zero-order valence-electron chi connectivity index (χ0n) is 18.9. The fraction of sp³-hybridized carbons (Fsp3) is 0.348. The number of nitro groups is 1. The molecule has 0 bridgehead atoms. The van der Waals surface area contributed by atoms with E-state index in [-0.39, 0.29) is 17.3 Å². The van der Waals surface area contributed by atoms with Crippen LogP contribution in [0.1, 0.15) is 32.1 Å². The Kier molecular flexibility index (Phi) is 7.73. The molecule has 3 rings (SSSR count). The van der Waals surface area contributed by atoms with Gasteiger partial charge in [0.05, 0.1) is 35.0 Å². The highest BCUT2D eigenvalue weighted by Gasteiger charge is 2.26. The van der Waals surface area contributed by atoms with Crippen LogP contribution in [0.2, 0.25) is 0 Å². The number of nitrogens with zero attached hydrogens (tertiary/aromatic N) is 4. The second kappa shape index (κ2) is 10.7. The summed E-state index contributed by atoms with van der Waals surface area (Å²) in [5.41, 5.74) is 0.744. The molecule has 0 aliphatic carbocycles. The Balaban J connectivity index is 1.96. The number of amides is 2. The van der Waals surface area contributed by atoms with Crippen LogP contribution in [0.3, 0.4) is 0 Å². The summed E-state index contributed by atoms with van der Waals surface area (Å²) in [5, 5.41) is 14.2. The summed E-state index contributed by atoms with van der Waals surface area (Å²) in [6, 6.07) is 11.8. The predicted octanol–water partition coefficient (Wildman–Crippen LogP) is 3.96. The Labute approximate surface area is 191 Å². The molecular weight excluding hydrogens is 426 g/mol. The van der Waals surface area contributed by atoms with Crippen LogP contribution in [-0.2, 0) is 11.3 Å². The number of carbonyl (C=O) groups is 1. The van der Waals surface area contributed by atoms with Crippen molar-refractivity contribution in [1.82, 2.24) is 14.5 Å². The summed E-state index contributed by atoms with van der Waals surface area (Å²) in [4.78, 5) is 43.0.